The van der Waals surface area contributed by atoms with Crippen LogP contribution in [0.15, 0.2) is 29.7 Å². The molecule has 2 N–H and O–H groups in total. The first-order valence-electron chi connectivity index (χ1n) is 10.3. The third-order valence-electron chi connectivity index (χ3n) is 5.37. The summed E-state index contributed by atoms with van der Waals surface area (Å²) in [4.78, 5) is 11.9. The predicted molar refractivity (Wildman–Crippen MR) is 118 cm³/mol. The number of aromatic nitrogens is 5. The maximum Gasteiger partial charge on any atom is 0.420 e. The Bertz CT molecular complexity index is 1310. The van der Waals surface area contributed by atoms with Gasteiger partial charge < -0.3 is 10.4 Å². The van der Waals surface area contributed by atoms with Crippen LogP contribution in [-0.4, -0.2) is 67.9 Å². The second-order valence-corrected chi connectivity index (χ2v) is 11.0. The lowest BCUT2D eigenvalue weighted by Crippen LogP contribution is -2.50. The van der Waals surface area contributed by atoms with E-state index in [1.54, 1.807) is 7.05 Å². The molecule has 16 heteroatoms. The summed E-state index contributed by atoms with van der Waals surface area (Å²) < 4.78 is 83.4. The summed E-state index contributed by atoms with van der Waals surface area (Å²) in [6.07, 6.45) is -3.00. The molecule has 0 spiro atoms. The van der Waals surface area contributed by atoms with E-state index in [4.69, 9.17) is 0 Å². The minimum atomic E-state index is -4.76. The zero-order valence-corrected chi connectivity index (χ0v) is 20.1. The predicted octanol–water partition coefficient (Wildman–Crippen LogP) is 2.62. The van der Waals surface area contributed by atoms with Crippen LogP contribution in [0.1, 0.15) is 29.9 Å². The average Bonchev–Trinajstić information content (AvgIpc) is 3.44. The fourth-order valence-electron chi connectivity index (χ4n) is 3.52. The van der Waals surface area contributed by atoms with Crippen LogP contribution in [-0.2, 0) is 23.2 Å². The van der Waals surface area contributed by atoms with Crippen molar-refractivity contribution in [3.8, 4) is 10.7 Å². The molecular weight excluding hydrogens is 514 g/mol. The average molecular weight is 536 g/mol. The highest BCUT2D eigenvalue weighted by Crippen LogP contribution is 2.38. The van der Waals surface area contributed by atoms with E-state index in [9.17, 15) is 31.1 Å². The van der Waals surface area contributed by atoms with Crippen molar-refractivity contribution in [1.29, 1.82) is 0 Å². The number of rotatable bonds is 6. The van der Waals surface area contributed by atoms with E-state index in [0.717, 1.165) is 15.6 Å². The third kappa shape index (κ3) is 5.29. The molecular formula is C19H21F4N7O3S2. The minimum Gasteiger partial charge on any atom is -0.388 e. The molecule has 190 valence electrons. The lowest BCUT2D eigenvalue weighted by molar-refractivity contribution is -0.137. The highest BCUT2D eigenvalue weighted by Gasteiger charge is 2.38. The summed E-state index contributed by atoms with van der Waals surface area (Å²) in [7, 11) is -2.38. The van der Waals surface area contributed by atoms with Crippen molar-refractivity contribution in [2.24, 2.45) is 7.05 Å². The molecule has 0 aromatic carbocycles. The Hall–Kier alpha value is -2.69. The number of nitrogens with one attached hydrogen (secondary N) is 1. The third-order valence-corrected chi connectivity index (χ3v) is 8.36. The Kier molecular flexibility index (Phi) is 6.82. The summed E-state index contributed by atoms with van der Waals surface area (Å²) in [5, 5.41) is 16.1. The second kappa shape index (κ2) is 9.40. The summed E-state index contributed by atoms with van der Waals surface area (Å²) >= 11 is 0.849. The number of nitrogens with zero attached hydrogens (tertiary/aromatic N) is 6. The summed E-state index contributed by atoms with van der Waals surface area (Å²) in [6.45, 7) is 0.983. The fourth-order valence-corrected chi connectivity index (χ4v) is 5.82. The molecule has 1 saturated heterocycles. The molecule has 0 bridgehead atoms. The van der Waals surface area contributed by atoms with E-state index in [1.165, 1.54) is 30.2 Å². The molecule has 0 aliphatic carbocycles. The van der Waals surface area contributed by atoms with Gasteiger partial charge in [-0.25, -0.2) is 27.8 Å². The number of aryl methyl sites for hydroxylation is 1. The molecule has 1 aliphatic rings. The Morgan fingerprint density at radius 1 is 1.26 bits per heavy atom. The number of sulfonamides is 1. The SMILES string of the molecule is CC(O)c1cnc(-c2nc(N[C@H]3CCN(S(=O)(=O)c4cnn(C)c4)C[C@H]3F)ncc2C(F)(F)F)s1. The number of piperidine rings is 1. The molecule has 3 aromatic rings. The van der Waals surface area contributed by atoms with Crippen LogP contribution in [0.25, 0.3) is 10.7 Å². The molecule has 4 rings (SSSR count). The van der Waals surface area contributed by atoms with Gasteiger partial charge in [0.25, 0.3) is 0 Å². The first-order valence-corrected chi connectivity index (χ1v) is 12.6. The Morgan fingerprint density at radius 2 is 2.00 bits per heavy atom. The van der Waals surface area contributed by atoms with Crippen LogP contribution in [0.2, 0.25) is 0 Å². The summed E-state index contributed by atoms with van der Waals surface area (Å²) in [5.74, 6) is -0.252. The number of aliphatic hydroxyl groups is 1. The smallest absolute Gasteiger partial charge is 0.388 e. The molecule has 35 heavy (non-hydrogen) atoms. The number of hydrogen-bond donors (Lipinski definition) is 2. The van der Waals surface area contributed by atoms with Gasteiger partial charge in [0.1, 0.15) is 27.3 Å². The van der Waals surface area contributed by atoms with Crippen LogP contribution in [0.5, 0.6) is 0 Å². The summed E-state index contributed by atoms with van der Waals surface area (Å²) in [6, 6.07) is -0.927. The molecule has 10 nitrogen and oxygen atoms in total. The monoisotopic (exact) mass is 535 g/mol. The molecule has 1 aliphatic heterocycles. The van der Waals surface area contributed by atoms with Gasteiger partial charge in [-0.2, -0.15) is 22.6 Å². The molecule has 0 radical (unpaired) electrons. The lowest BCUT2D eigenvalue weighted by Gasteiger charge is -2.34. The first-order chi connectivity index (χ1) is 16.4. The van der Waals surface area contributed by atoms with Crippen molar-refractivity contribution in [1.82, 2.24) is 29.0 Å². The maximum atomic E-state index is 15.0. The molecule has 4 heterocycles. The van der Waals surface area contributed by atoms with Gasteiger partial charge in [0, 0.05) is 38.7 Å². The number of halogens is 4. The van der Waals surface area contributed by atoms with Crippen molar-refractivity contribution in [2.45, 2.75) is 42.7 Å². The zero-order valence-electron chi connectivity index (χ0n) is 18.4. The van der Waals surface area contributed by atoms with Crippen LogP contribution in [0.3, 0.4) is 0 Å². The van der Waals surface area contributed by atoms with Gasteiger partial charge in [-0.05, 0) is 13.3 Å². The summed E-state index contributed by atoms with van der Waals surface area (Å²) in [5.41, 5.74) is -1.62. The Balaban J connectivity index is 1.54. The van der Waals surface area contributed by atoms with Crippen molar-refractivity contribution in [3.63, 3.8) is 0 Å². The van der Waals surface area contributed by atoms with Crippen molar-refractivity contribution in [2.75, 3.05) is 18.4 Å². The van der Waals surface area contributed by atoms with Gasteiger partial charge >= 0.3 is 6.18 Å². The quantitative estimate of drug-likeness (QED) is 0.462. The molecule has 0 amide bonds. The first kappa shape index (κ1) is 25.4. The Labute approximate surface area is 201 Å². The number of thiazole rings is 1. The largest absolute Gasteiger partial charge is 0.420 e. The van der Waals surface area contributed by atoms with Crippen molar-refractivity contribution >= 4 is 27.3 Å². The van der Waals surface area contributed by atoms with E-state index in [-0.39, 0.29) is 28.8 Å². The van der Waals surface area contributed by atoms with Crippen LogP contribution < -0.4 is 5.32 Å². The zero-order chi connectivity index (χ0) is 25.5. The van der Waals surface area contributed by atoms with Gasteiger partial charge in [-0.1, -0.05) is 0 Å². The van der Waals surface area contributed by atoms with Gasteiger partial charge in [0.05, 0.1) is 23.2 Å². The topological polar surface area (TPSA) is 126 Å². The Morgan fingerprint density at radius 3 is 2.57 bits per heavy atom. The van der Waals surface area contributed by atoms with Crippen LogP contribution >= 0.6 is 11.3 Å². The number of aliphatic hydroxyl groups excluding tert-OH is 1. The molecule has 1 unspecified atom stereocenters. The van der Waals surface area contributed by atoms with E-state index < -0.39 is 52.3 Å². The van der Waals surface area contributed by atoms with Gasteiger partial charge in [-0.15, -0.1) is 11.3 Å². The van der Waals surface area contributed by atoms with E-state index >= 15 is 0 Å². The molecule has 3 atom stereocenters. The minimum absolute atomic E-state index is 0.0208. The van der Waals surface area contributed by atoms with Gasteiger partial charge in [0.15, 0.2) is 0 Å². The lowest BCUT2D eigenvalue weighted by atomic mass is 10.1. The standard InChI is InChI=1S/C19H21F4N7O3S2/c1-10(31)15-7-24-17(34-15)16-12(19(21,22)23)6-25-18(28-16)27-14-3-4-30(9-13(14)20)35(32,33)11-5-26-29(2)8-11/h5-8,10,13-14,31H,3-4,9H2,1-2H3,(H,25,27,28)/t10?,13-,14+/m1/s1. The maximum absolute atomic E-state index is 15.0. The van der Waals surface area contributed by atoms with Gasteiger partial charge in [-0.3, -0.25) is 4.68 Å². The highest BCUT2D eigenvalue weighted by molar-refractivity contribution is 7.89. The number of hydrogen-bond acceptors (Lipinski definition) is 9. The normalized spacial score (nSPS) is 20.7. The van der Waals surface area contributed by atoms with E-state index in [1.807, 2.05) is 0 Å². The molecule has 1 fully saturated rings. The molecule has 0 saturated carbocycles. The van der Waals surface area contributed by atoms with Crippen LogP contribution in [0.4, 0.5) is 23.5 Å². The van der Waals surface area contributed by atoms with Crippen molar-refractivity contribution < 1.29 is 31.1 Å². The van der Waals surface area contributed by atoms with Crippen LogP contribution in [0, 0.1) is 0 Å². The highest BCUT2D eigenvalue weighted by atomic mass is 32.2. The second-order valence-electron chi connectivity index (χ2n) is 7.97. The van der Waals surface area contributed by atoms with Crippen molar-refractivity contribution in [3.05, 3.63) is 35.2 Å². The van der Waals surface area contributed by atoms with Gasteiger partial charge in [0.2, 0.25) is 16.0 Å². The fraction of sp³-hybridized carbons (Fsp3) is 0.474. The van der Waals surface area contributed by atoms with E-state index in [0.29, 0.717) is 11.1 Å². The van der Waals surface area contributed by atoms with E-state index in [2.05, 4.69) is 25.4 Å². The number of alkyl halides is 4. The number of anilines is 1. The molecule has 3 aromatic heterocycles.